The zero-order valence-corrected chi connectivity index (χ0v) is 16.4. The molecule has 0 radical (unpaired) electrons. The van der Waals surface area contributed by atoms with Crippen molar-refractivity contribution in [3.63, 3.8) is 0 Å². The van der Waals surface area contributed by atoms with E-state index < -0.39 is 0 Å². The van der Waals surface area contributed by atoms with Gasteiger partial charge in [-0.15, -0.1) is 0 Å². The number of esters is 1. The number of ketones is 1. The lowest BCUT2D eigenvalue weighted by Crippen LogP contribution is -2.41. The van der Waals surface area contributed by atoms with Gasteiger partial charge in [0.25, 0.3) is 0 Å². The molecule has 148 valence electrons. The predicted octanol–water partition coefficient (Wildman–Crippen LogP) is 3.13. The van der Waals surface area contributed by atoms with E-state index in [-0.39, 0.29) is 30.3 Å². The Balaban J connectivity index is 1.77. The average molecular weight is 381 g/mol. The Hall–Kier alpha value is -2.50. The van der Waals surface area contributed by atoms with Crippen LogP contribution in [0, 0.1) is 0 Å². The van der Waals surface area contributed by atoms with E-state index in [4.69, 9.17) is 4.74 Å². The van der Waals surface area contributed by atoms with Crippen LogP contribution in [-0.4, -0.2) is 48.6 Å². The Morgan fingerprint density at radius 2 is 1.89 bits per heavy atom. The van der Waals surface area contributed by atoms with Gasteiger partial charge in [0.15, 0.2) is 5.78 Å². The van der Waals surface area contributed by atoms with Crippen LogP contribution in [0.1, 0.15) is 52.4 Å². The van der Waals surface area contributed by atoms with Crippen molar-refractivity contribution in [1.29, 1.82) is 0 Å². The molecule has 2 aromatic rings. The van der Waals surface area contributed by atoms with Gasteiger partial charge in [-0.05, 0) is 41.2 Å². The second-order valence-corrected chi connectivity index (χ2v) is 7.30. The van der Waals surface area contributed by atoms with Crippen molar-refractivity contribution in [2.45, 2.75) is 31.7 Å². The van der Waals surface area contributed by atoms with Crippen LogP contribution in [-0.2, 0) is 16.0 Å². The van der Waals surface area contributed by atoms with Crippen LogP contribution in [0.5, 0.6) is 0 Å². The van der Waals surface area contributed by atoms with E-state index >= 15 is 0 Å². The summed E-state index contributed by atoms with van der Waals surface area (Å²) in [5, 5.41) is 9.43. The summed E-state index contributed by atoms with van der Waals surface area (Å²) in [4.78, 5) is 26.9. The highest BCUT2D eigenvalue weighted by Crippen LogP contribution is 2.33. The van der Waals surface area contributed by atoms with Crippen molar-refractivity contribution >= 4 is 11.8 Å². The summed E-state index contributed by atoms with van der Waals surface area (Å²) in [6, 6.07) is 15.0. The molecule has 0 spiro atoms. The number of β-amino-alcohol motifs (C(OH)–C–C–N with tert-alkyl or cyclic N) is 1. The van der Waals surface area contributed by atoms with Crippen LogP contribution in [0.2, 0.25) is 0 Å². The molecule has 0 saturated heterocycles. The molecule has 1 unspecified atom stereocenters. The van der Waals surface area contributed by atoms with Gasteiger partial charge in [0.05, 0.1) is 25.3 Å². The van der Waals surface area contributed by atoms with Gasteiger partial charge < -0.3 is 9.84 Å². The third-order valence-electron chi connectivity index (χ3n) is 5.48. The van der Waals surface area contributed by atoms with Crippen molar-refractivity contribution in [2.75, 3.05) is 26.8 Å². The third-order valence-corrected chi connectivity index (χ3v) is 5.48. The van der Waals surface area contributed by atoms with Crippen molar-refractivity contribution in [1.82, 2.24) is 4.90 Å². The Labute approximate surface area is 165 Å². The number of carbonyl (C=O) groups excluding carboxylic acids is 2. The fraction of sp³-hybridized carbons (Fsp3) is 0.391. The number of hydrogen-bond donors (Lipinski definition) is 1. The lowest BCUT2D eigenvalue weighted by Gasteiger charge is -2.36. The summed E-state index contributed by atoms with van der Waals surface area (Å²) in [5.74, 6) is -0.178. The van der Waals surface area contributed by atoms with E-state index in [1.807, 2.05) is 37.3 Å². The smallest absolute Gasteiger partial charge is 0.337 e. The average Bonchev–Trinajstić information content (AvgIpc) is 2.73. The first-order chi connectivity index (χ1) is 13.5. The van der Waals surface area contributed by atoms with Crippen LogP contribution in [0.4, 0.5) is 0 Å². The maximum atomic E-state index is 13.3. The van der Waals surface area contributed by atoms with Crippen LogP contribution in [0.25, 0.3) is 0 Å². The topological polar surface area (TPSA) is 66.8 Å². The van der Waals surface area contributed by atoms with Crippen molar-refractivity contribution in [2.24, 2.45) is 0 Å². The zero-order chi connectivity index (χ0) is 20.1. The van der Waals surface area contributed by atoms with Gasteiger partial charge in [0, 0.05) is 19.5 Å². The minimum Gasteiger partial charge on any atom is -0.465 e. The number of fused-ring (bicyclic) bond motifs is 1. The second kappa shape index (κ2) is 9.13. The molecule has 0 bridgehead atoms. The van der Waals surface area contributed by atoms with E-state index in [2.05, 4.69) is 11.0 Å². The molecule has 5 heteroatoms. The van der Waals surface area contributed by atoms with E-state index in [1.165, 1.54) is 12.7 Å². The standard InChI is InChI=1S/C23H27NO4/c1-16(17-7-9-19(10-8-17)23(27)28-2)15-21(26)22-20-6-4-3-5-18(20)11-12-24(22)13-14-25/h3-10,16,22,25H,11-15H2,1-2H3/t16-,22?/m1/s1. The van der Waals surface area contributed by atoms with E-state index in [0.717, 1.165) is 24.1 Å². The van der Waals surface area contributed by atoms with Gasteiger partial charge in [0.1, 0.15) is 0 Å². The highest BCUT2D eigenvalue weighted by Gasteiger charge is 2.32. The van der Waals surface area contributed by atoms with Gasteiger partial charge >= 0.3 is 5.97 Å². The number of benzene rings is 2. The number of aliphatic hydroxyl groups is 1. The molecule has 1 heterocycles. The lowest BCUT2D eigenvalue weighted by atomic mass is 9.85. The molecular weight excluding hydrogens is 354 g/mol. The molecule has 28 heavy (non-hydrogen) atoms. The van der Waals surface area contributed by atoms with Gasteiger partial charge in [-0.1, -0.05) is 43.3 Å². The largest absolute Gasteiger partial charge is 0.465 e. The molecule has 5 nitrogen and oxygen atoms in total. The number of carbonyl (C=O) groups is 2. The first-order valence-corrected chi connectivity index (χ1v) is 9.68. The van der Waals surface area contributed by atoms with Gasteiger partial charge in [-0.25, -0.2) is 4.79 Å². The third kappa shape index (κ3) is 4.32. The normalized spacial score (nSPS) is 17.6. The summed E-state index contributed by atoms with van der Waals surface area (Å²) in [7, 11) is 1.36. The first kappa shape index (κ1) is 20.2. The molecule has 2 aromatic carbocycles. The van der Waals surface area contributed by atoms with Crippen LogP contribution >= 0.6 is 0 Å². The summed E-state index contributed by atoms with van der Waals surface area (Å²) >= 11 is 0. The van der Waals surface area contributed by atoms with Crippen molar-refractivity contribution < 1.29 is 19.4 Å². The van der Waals surface area contributed by atoms with E-state index in [9.17, 15) is 14.7 Å². The molecule has 1 N–H and O–H groups in total. The second-order valence-electron chi connectivity index (χ2n) is 7.30. The molecule has 0 saturated carbocycles. The fourth-order valence-electron chi connectivity index (χ4n) is 3.96. The minimum absolute atomic E-state index is 0.0317. The Bertz CT molecular complexity index is 831. The number of Topliss-reactive ketones (excluding diaryl/α,β-unsaturated/α-hetero) is 1. The summed E-state index contributed by atoms with van der Waals surface area (Å²) < 4.78 is 4.73. The van der Waals surface area contributed by atoms with Crippen LogP contribution in [0.3, 0.4) is 0 Å². The van der Waals surface area contributed by atoms with Gasteiger partial charge in [-0.3, -0.25) is 9.69 Å². The Morgan fingerprint density at radius 3 is 2.57 bits per heavy atom. The summed E-state index contributed by atoms with van der Waals surface area (Å²) in [5.41, 5.74) is 3.78. The molecule has 2 atom stereocenters. The molecular formula is C23H27NO4. The number of aliphatic hydroxyl groups excluding tert-OH is 1. The fourth-order valence-corrected chi connectivity index (χ4v) is 3.96. The number of methoxy groups -OCH3 is 1. The lowest BCUT2D eigenvalue weighted by molar-refractivity contribution is -0.125. The quantitative estimate of drug-likeness (QED) is 0.747. The summed E-state index contributed by atoms with van der Waals surface area (Å²) in [6.07, 6.45) is 1.29. The Kier molecular flexibility index (Phi) is 6.60. The van der Waals surface area contributed by atoms with Crippen molar-refractivity contribution in [3.05, 3.63) is 70.8 Å². The number of nitrogens with zero attached hydrogens (tertiary/aromatic N) is 1. The number of rotatable bonds is 7. The summed E-state index contributed by atoms with van der Waals surface area (Å²) in [6.45, 7) is 3.33. The molecule has 0 fully saturated rings. The van der Waals surface area contributed by atoms with E-state index in [0.29, 0.717) is 18.5 Å². The zero-order valence-electron chi connectivity index (χ0n) is 16.4. The molecule has 0 aromatic heterocycles. The first-order valence-electron chi connectivity index (χ1n) is 9.68. The van der Waals surface area contributed by atoms with Crippen LogP contribution < -0.4 is 0 Å². The number of ether oxygens (including phenoxy) is 1. The predicted molar refractivity (Wildman–Crippen MR) is 107 cm³/mol. The highest BCUT2D eigenvalue weighted by atomic mass is 16.5. The van der Waals surface area contributed by atoms with Crippen molar-refractivity contribution in [3.8, 4) is 0 Å². The maximum Gasteiger partial charge on any atom is 0.337 e. The van der Waals surface area contributed by atoms with E-state index in [1.54, 1.807) is 12.1 Å². The van der Waals surface area contributed by atoms with Crippen LogP contribution in [0.15, 0.2) is 48.5 Å². The Morgan fingerprint density at radius 1 is 1.18 bits per heavy atom. The monoisotopic (exact) mass is 381 g/mol. The SMILES string of the molecule is COC(=O)c1ccc([C@H](C)CC(=O)C2c3ccccc3CCN2CCO)cc1. The highest BCUT2D eigenvalue weighted by molar-refractivity contribution is 5.89. The number of hydrogen-bond acceptors (Lipinski definition) is 5. The van der Waals surface area contributed by atoms with Gasteiger partial charge in [0.2, 0.25) is 0 Å². The molecule has 0 amide bonds. The minimum atomic E-state index is -0.367. The molecule has 1 aliphatic rings. The molecule has 1 aliphatic heterocycles. The molecule has 3 rings (SSSR count). The molecule has 0 aliphatic carbocycles. The van der Waals surface area contributed by atoms with Gasteiger partial charge in [-0.2, -0.15) is 0 Å². The maximum absolute atomic E-state index is 13.3.